The summed E-state index contributed by atoms with van der Waals surface area (Å²) in [6.45, 7) is 8.54. The summed E-state index contributed by atoms with van der Waals surface area (Å²) in [6, 6.07) is 0. The molecule has 0 aromatic rings. The average Bonchev–Trinajstić information content (AvgIpc) is 2.38. The molecular weight excluding hydrogens is 226 g/mol. The van der Waals surface area contributed by atoms with Gasteiger partial charge >= 0.3 is 0 Å². The van der Waals surface area contributed by atoms with Gasteiger partial charge < -0.3 is 15.0 Å². The van der Waals surface area contributed by atoms with Crippen LogP contribution in [0.1, 0.15) is 33.1 Å². The molecule has 0 spiro atoms. The molecule has 2 unspecified atom stereocenters. The molecule has 0 amide bonds. The first-order chi connectivity index (χ1) is 8.66. The van der Waals surface area contributed by atoms with Crippen molar-refractivity contribution in [2.45, 2.75) is 39.2 Å². The Morgan fingerprint density at radius 1 is 1.50 bits per heavy atom. The molecule has 4 heteroatoms. The topological polar surface area (TPSA) is 36.9 Å². The summed E-state index contributed by atoms with van der Waals surface area (Å²) in [5.41, 5.74) is 0. The number of guanidine groups is 1. The van der Waals surface area contributed by atoms with Gasteiger partial charge in [-0.05, 0) is 31.1 Å². The maximum absolute atomic E-state index is 5.81. The van der Waals surface area contributed by atoms with Gasteiger partial charge in [0.15, 0.2) is 5.96 Å². The lowest BCUT2D eigenvalue weighted by molar-refractivity contribution is -0.0329. The van der Waals surface area contributed by atoms with E-state index in [9.17, 15) is 0 Å². The number of rotatable bonds is 3. The van der Waals surface area contributed by atoms with Gasteiger partial charge in [-0.1, -0.05) is 13.8 Å². The van der Waals surface area contributed by atoms with Gasteiger partial charge in [-0.15, -0.1) is 0 Å². The molecule has 0 radical (unpaired) electrons. The van der Waals surface area contributed by atoms with E-state index in [1.165, 1.54) is 19.3 Å². The number of ether oxygens (including phenoxy) is 1. The Kier molecular flexibility index (Phi) is 4.87. The molecule has 4 nitrogen and oxygen atoms in total. The van der Waals surface area contributed by atoms with Gasteiger partial charge in [-0.25, -0.2) is 0 Å². The first-order valence-corrected chi connectivity index (χ1v) is 7.28. The summed E-state index contributed by atoms with van der Waals surface area (Å²) >= 11 is 0. The van der Waals surface area contributed by atoms with Crippen LogP contribution in [0.4, 0.5) is 0 Å². The second-order valence-electron chi connectivity index (χ2n) is 5.90. The Balaban J connectivity index is 1.77. The van der Waals surface area contributed by atoms with E-state index >= 15 is 0 Å². The van der Waals surface area contributed by atoms with Crippen molar-refractivity contribution in [1.29, 1.82) is 0 Å². The van der Waals surface area contributed by atoms with Crippen molar-refractivity contribution < 1.29 is 4.74 Å². The Labute approximate surface area is 111 Å². The molecule has 104 valence electrons. The minimum atomic E-state index is 0.441. The van der Waals surface area contributed by atoms with Crippen LogP contribution >= 0.6 is 0 Å². The van der Waals surface area contributed by atoms with Crippen molar-refractivity contribution >= 4 is 5.96 Å². The van der Waals surface area contributed by atoms with Crippen LogP contribution in [0.25, 0.3) is 0 Å². The fraction of sp³-hybridized carbons (Fsp3) is 0.929. The number of hydrogen-bond acceptors (Lipinski definition) is 4. The van der Waals surface area contributed by atoms with E-state index in [4.69, 9.17) is 4.74 Å². The van der Waals surface area contributed by atoms with Crippen molar-refractivity contribution in [2.24, 2.45) is 16.8 Å². The Morgan fingerprint density at radius 3 is 3.06 bits per heavy atom. The third-order valence-electron chi connectivity index (χ3n) is 3.99. The zero-order chi connectivity index (χ0) is 13.0. The molecule has 2 aliphatic heterocycles. The van der Waals surface area contributed by atoms with Gasteiger partial charge in [-0.2, -0.15) is 0 Å². The lowest BCUT2D eigenvalue weighted by atomic mass is 9.90. The minimum Gasteiger partial charge on any atom is -0.378 e. The van der Waals surface area contributed by atoms with E-state index in [0.717, 1.165) is 38.1 Å². The number of nitrogens with zero attached hydrogens (tertiary/aromatic N) is 2. The van der Waals surface area contributed by atoms with Crippen LogP contribution in [0.2, 0.25) is 0 Å². The Morgan fingerprint density at radius 2 is 2.33 bits per heavy atom. The van der Waals surface area contributed by atoms with Crippen LogP contribution in [0, 0.1) is 11.8 Å². The molecule has 0 saturated carbocycles. The van der Waals surface area contributed by atoms with Crippen LogP contribution < -0.4 is 5.32 Å². The highest BCUT2D eigenvalue weighted by Crippen LogP contribution is 2.24. The van der Waals surface area contributed by atoms with E-state index in [-0.39, 0.29) is 0 Å². The fourth-order valence-electron chi connectivity index (χ4n) is 2.70. The summed E-state index contributed by atoms with van der Waals surface area (Å²) in [5, 5.41) is 3.52. The summed E-state index contributed by atoms with van der Waals surface area (Å²) in [7, 11) is 2.12. The van der Waals surface area contributed by atoms with E-state index in [1.54, 1.807) is 0 Å². The minimum absolute atomic E-state index is 0.441. The van der Waals surface area contributed by atoms with Crippen molar-refractivity contribution in [3.05, 3.63) is 0 Å². The molecule has 2 atom stereocenters. The smallest absolute Gasteiger partial charge is 0.193 e. The Bertz CT molecular complexity index is 291. The van der Waals surface area contributed by atoms with Crippen molar-refractivity contribution in [3.63, 3.8) is 0 Å². The molecule has 1 fully saturated rings. The molecule has 2 rings (SSSR count). The monoisotopic (exact) mass is 253 g/mol. The Hall–Kier alpha value is -0.770. The highest BCUT2D eigenvalue weighted by Gasteiger charge is 2.25. The average molecular weight is 253 g/mol. The third-order valence-corrected chi connectivity index (χ3v) is 3.99. The van der Waals surface area contributed by atoms with E-state index < -0.39 is 0 Å². The van der Waals surface area contributed by atoms with Crippen LogP contribution in [0.15, 0.2) is 4.99 Å². The van der Waals surface area contributed by atoms with Crippen LogP contribution in [-0.4, -0.2) is 50.3 Å². The van der Waals surface area contributed by atoms with Crippen molar-refractivity contribution in [1.82, 2.24) is 10.2 Å². The van der Waals surface area contributed by atoms with Crippen molar-refractivity contribution in [3.8, 4) is 0 Å². The molecule has 2 heterocycles. The molecule has 0 aliphatic carbocycles. The predicted octanol–water partition coefficient (Wildman–Crippen LogP) is 1.72. The van der Waals surface area contributed by atoms with Gasteiger partial charge in [0.25, 0.3) is 0 Å². The number of aliphatic imine (C=N–C) groups is 1. The van der Waals surface area contributed by atoms with Gasteiger partial charge in [0, 0.05) is 33.3 Å². The fourth-order valence-corrected chi connectivity index (χ4v) is 2.70. The largest absolute Gasteiger partial charge is 0.378 e. The summed E-state index contributed by atoms with van der Waals surface area (Å²) < 4.78 is 5.81. The molecule has 0 bridgehead atoms. The molecular formula is C14H27N3O. The number of hydrogen-bond donors (Lipinski definition) is 1. The molecule has 1 N–H and O–H groups in total. The van der Waals surface area contributed by atoms with Gasteiger partial charge in [0.05, 0.1) is 6.10 Å². The van der Waals surface area contributed by atoms with Crippen LogP contribution in [-0.2, 0) is 4.74 Å². The summed E-state index contributed by atoms with van der Waals surface area (Å²) in [4.78, 5) is 6.77. The van der Waals surface area contributed by atoms with Crippen LogP contribution in [0.3, 0.4) is 0 Å². The lowest BCUT2D eigenvalue weighted by Gasteiger charge is -2.33. The zero-order valence-electron chi connectivity index (χ0n) is 12.0. The van der Waals surface area contributed by atoms with Crippen LogP contribution in [0.5, 0.6) is 0 Å². The highest BCUT2D eigenvalue weighted by molar-refractivity contribution is 5.80. The SMILES string of the molecule is CC(C)C1CC(CNC2=NCCCN2C)CCO1. The van der Waals surface area contributed by atoms with Gasteiger partial charge in [0.1, 0.15) is 0 Å². The standard InChI is InChI=1S/C14H27N3O/c1-11(2)13-9-12(5-8-18-13)10-16-14-15-6-4-7-17(14)3/h11-13H,4-10H2,1-3H3,(H,15,16). The maximum Gasteiger partial charge on any atom is 0.193 e. The second kappa shape index (κ2) is 6.41. The molecule has 2 aliphatic rings. The van der Waals surface area contributed by atoms with E-state index in [2.05, 4.69) is 36.1 Å². The quantitative estimate of drug-likeness (QED) is 0.832. The zero-order valence-corrected chi connectivity index (χ0v) is 12.0. The molecule has 0 aromatic heterocycles. The normalized spacial score (nSPS) is 29.3. The number of nitrogens with one attached hydrogen (secondary N) is 1. The lowest BCUT2D eigenvalue weighted by Crippen LogP contribution is -2.45. The predicted molar refractivity (Wildman–Crippen MR) is 74.9 cm³/mol. The van der Waals surface area contributed by atoms with Crippen molar-refractivity contribution in [2.75, 3.05) is 33.3 Å². The third kappa shape index (κ3) is 3.61. The molecule has 18 heavy (non-hydrogen) atoms. The first kappa shape index (κ1) is 13.7. The van der Waals surface area contributed by atoms with Gasteiger partial charge in [-0.3, -0.25) is 4.99 Å². The second-order valence-corrected chi connectivity index (χ2v) is 5.90. The maximum atomic E-state index is 5.81. The summed E-state index contributed by atoms with van der Waals surface area (Å²) in [5.74, 6) is 2.43. The van der Waals surface area contributed by atoms with E-state index in [1.807, 2.05) is 0 Å². The summed E-state index contributed by atoms with van der Waals surface area (Å²) in [6.07, 6.45) is 3.97. The molecule has 0 aromatic carbocycles. The highest BCUT2D eigenvalue weighted by atomic mass is 16.5. The molecule has 1 saturated heterocycles. The van der Waals surface area contributed by atoms with Gasteiger partial charge in [0.2, 0.25) is 0 Å². The van der Waals surface area contributed by atoms with E-state index in [0.29, 0.717) is 12.0 Å². The first-order valence-electron chi connectivity index (χ1n) is 7.28.